The summed E-state index contributed by atoms with van der Waals surface area (Å²) < 4.78 is 16.7. The van der Waals surface area contributed by atoms with Crippen molar-refractivity contribution in [3.05, 3.63) is 54.4 Å². The van der Waals surface area contributed by atoms with Gasteiger partial charge < -0.3 is 19.5 Å². The van der Waals surface area contributed by atoms with Crippen molar-refractivity contribution in [1.82, 2.24) is 4.98 Å². The first-order valence-electron chi connectivity index (χ1n) is 8.90. The molecule has 1 aromatic heterocycles. The smallest absolute Gasteiger partial charge is 0.226 e. The Bertz CT molecular complexity index is 687. The molecule has 1 aliphatic heterocycles. The van der Waals surface area contributed by atoms with E-state index in [0.717, 1.165) is 25.0 Å². The molecule has 0 saturated carbocycles. The molecule has 3 rings (SSSR count). The maximum absolute atomic E-state index is 12.0. The highest BCUT2D eigenvalue weighted by molar-refractivity contribution is 5.90. The Morgan fingerprint density at radius 1 is 1.31 bits per heavy atom. The van der Waals surface area contributed by atoms with Crippen molar-refractivity contribution in [1.29, 1.82) is 0 Å². The van der Waals surface area contributed by atoms with Crippen LogP contribution in [-0.4, -0.2) is 36.8 Å². The van der Waals surface area contributed by atoms with Crippen LogP contribution >= 0.6 is 0 Å². The fraction of sp³-hybridized carbons (Fsp3) is 0.400. The molecule has 26 heavy (non-hydrogen) atoms. The average Bonchev–Trinajstić information content (AvgIpc) is 3.18. The molecule has 0 spiro atoms. The zero-order chi connectivity index (χ0) is 18.0. The lowest BCUT2D eigenvalue weighted by molar-refractivity contribution is -0.117. The fourth-order valence-corrected chi connectivity index (χ4v) is 2.69. The summed E-state index contributed by atoms with van der Waals surface area (Å²) in [4.78, 5) is 16.1. The largest absolute Gasteiger partial charge is 0.489 e. The van der Waals surface area contributed by atoms with Crippen LogP contribution in [0.4, 0.5) is 5.69 Å². The van der Waals surface area contributed by atoms with Crippen LogP contribution in [0.15, 0.2) is 48.8 Å². The third-order valence-corrected chi connectivity index (χ3v) is 4.05. The number of rotatable bonds is 9. The molecule has 1 aromatic carbocycles. The number of benzene rings is 1. The Labute approximate surface area is 153 Å². The van der Waals surface area contributed by atoms with Gasteiger partial charge in [-0.3, -0.25) is 9.78 Å². The molecule has 1 N–H and O–H groups in total. The second kappa shape index (κ2) is 9.89. The Kier molecular flexibility index (Phi) is 6.98. The van der Waals surface area contributed by atoms with Crippen molar-refractivity contribution in [2.45, 2.75) is 32.0 Å². The summed E-state index contributed by atoms with van der Waals surface area (Å²) in [6.07, 6.45) is 6.12. The molecule has 2 aromatic rings. The van der Waals surface area contributed by atoms with E-state index in [2.05, 4.69) is 10.3 Å². The molecule has 0 radical (unpaired) electrons. The molecule has 1 aliphatic rings. The first kappa shape index (κ1) is 18.4. The van der Waals surface area contributed by atoms with Crippen LogP contribution in [0.3, 0.4) is 0 Å². The van der Waals surface area contributed by atoms with Crippen LogP contribution < -0.4 is 10.1 Å². The van der Waals surface area contributed by atoms with Gasteiger partial charge in [-0.15, -0.1) is 0 Å². The van der Waals surface area contributed by atoms with E-state index < -0.39 is 0 Å². The summed E-state index contributed by atoms with van der Waals surface area (Å²) in [5, 5.41) is 2.87. The van der Waals surface area contributed by atoms with Gasteiger partial charge in [-0.1, -0.05) is 12.1 Å². The van der Waals surface area contributed by atoms with Crippen molar-refractivity contribution in [2.75, 3.05) is 25.1 Å². The van der Waals surface area contributed by atoms with Crippen molar-refractivity contribution >= 4 is 11.6 Å². The number of carbonyl (C=O) groups is 1. The van der Waals surface area contributed by atoms with Crippen LogP contribution in [0.25, 0.3) is 0 Å². The van der Waals surface area contributed by atoms with Gasteiger partial charge in [0.25, 0.3) is 0 Å². The maximum atomic E-state index is 12.0. The van der Waals surface area contributed by atoms with Gasteiger partial charge in [0.05, 0.1) is 25.7 Å². The number of pyridine rings is 1. The Balaban J connectivity index is 1.38. The van der Waals surface area contributed by atoms with Crippen LogP contribution in [0.1, 0.15) is 24.8 Å². The number of nitrogens with zero attached hydrogens (tertiary/aromatic N) is 1. The molecule has 6 heteroatoms. The average molecular weight is 356 g/mol. The summed E-state index contributed by atoms with van der Waals surface area (Å²) in [6, 6.07) is 11.2. The van der Waals surface area contributed by atoms with Crippen LogP contribution in [0.5, 0.6) is 5.75 Å². The van der Waals surface area contributed by atoms with E-state index in [4.69, 9.17) is 14.2 Å². The highest BCUT2D eigenvalue weighted by atomic mass is 16.5. The molecule has 1 amide bonds. The van der Waals surface area contributed by atoms with Crippen LogP contribution in [0, 0.1) is 0 Å². The molecular formula is C20H24N2O4. The molecule has 1 atom stereocenters. The van der Waals surface area contributed by atoms with Crippen molar-refractivity contribution in [2.24, 2.45) is 0 Å². The van der Waals surface area contributed by atoms with Crippen molar-refractivity contribution < 1.29 is 19.0 Å². The predicted molar refractivity (Wildman–Crippen MR) is 98.1 cm³/mol. The van der Waals surface area contributed by atoms with E-state index >= 15 is 0 Å². The second-order valence-corrected chi connectivity index (χ2v) is 6.19. The third kappa shape index (κ3) is 6.13. The van der Waals surface area contributed by atoms with E-state index in [9.17, 15) is 4.79 Å². The number of hydrogen-bond donors (Lipinski definition) is 1. The SMILES string of the molecule is O=C(CCOCC1CCCO1)Nc1cccc(OCc2cccnc2)c1. The van der Waals surface area contributed by atoms with Gasteiger partial charge in [-0.05, 0) is 31.0 Å². The fourth-order valence-electron chi connectivity index (χ4n) is 2.69. The number of ether oxygens (including phenoxy) is 3. The quantitative estimate of drug-likeness (QED) is 0.699. The lowest BCUT2D eigenvalue weighted by Crippen LogP contribution is -2.18. The number of amides is 1. The van der Waals surface area contributed by atoms with Gasteiger partial charge in [0.1, 0.15) is 12.4 Å². The number of anilines is 1. The predicted octanol–water partition coefficient (Wildman–Crippen LogP) is 3.18. The van der Waals surface area contributed by atoms with E-state index in [0.29, 0.717) is 37.7 Å². The molecule has 1 unspecified atom stereocenters. The first-order chi connectivity index (χ1) is 12.8. The number of nitrogens with one attached hydrogen (secondary N) is 1. The summed E-state index contributed by atoms with van der Waals surface area (Å²) in [5.41, 5.74) is 1.70. The first-order valence-corrected chi connectivity index (χ1v) is 8.90. The van der Waals surface area contributed by atoms with Gasteiger partial charge >= 0.3 is 0 Å². The molecule has 6 nitrogen and oxygen atoms in total. The van der Waals surface area contributed by atoms with Gasteiger partial charge in [0.15, 0.2) is 0 Å². The summed E-state index contributed by atoms with van der Waals surface area (Å²) >= 11 is 0. The maximum Gasteiger partial charge on any atom is 0.226 e. The highest BCUT2D eigenvalue weighted by Gasteiger charge is 2.15. The number of hydrogen-bond acceptors (Lipinski definition) is 5. The minimum Gasteiger partial charge on any atom is -0.489 e. The van der Waals surface area contributed by atoms with E-state index in [1.165, 1.54) is 0 Å². The monoisotopic (exact) mass is 356 g/mol. The third-order valence-electron chi connectivity index (χ3n) is 4.05. The normalized spacial score (nSPS) is 16.4. The Hall–Kier alpha value is -2.44. The minimum absolute atomic E-state index is 0.0817. The summed E-state index contributed by atoms with van der Waals surface area (Å²) in [6.45, 7) is 2.20. The highest BCUT2D eigenvalue weighted by Crippen LogP contribution is 2.19. The molecule has 1 fully saturated rings. The van der Waals surface area contributed by atoms with E-state index in [1.54, 1.807) is 12.4 Å². The molecule has 0 aliphatic carbocycles. The Morgan fingerprint density at radius 2 is 2.27 bits per heavy atom. The summed E-state index contributed by atoms with van der Waals surface area (Å²) in [5.74, 6) is 0.614. The second-order valence-electron chi connectivity index (χ2n) is 6.19. The minimum atomic E-state index is -0.0817. The molecule has 1 saturated heterocycles. The standard InChI is InChI=1S/C20H24N2O4/c23-20(8-11-24-15-19-7-3-10-25-19)22-17-5-1-6-18(12-17)26-14-16-4-2-9-21-13-16/h1-2,4-6,9,12-13,19H,3,7-8,10-11,14-15H2,(H,22,23). The number of aromatic nitrogens is 1. The Morgan fingerprint density at radius 3 is 3.08 bits per heavy atom. The number of carbonyl (C=O) groups excluding carboxylic acids is 1. The van der Waals surface area contributed by atoms with Gasteiger partial charge in [0, 0.05) is 36.3 Å². The van der Waals surface area contributed by atoms with Gasteiger partial charge in [-0.25, -0.2) is 0 Å². The van der Waals surface area contributed by atoms with Crippen LogP contribution in [-0.2, 0) is 20.9 Å². The zero-order valence-electron chi connectivity index (χ0n) is 14.7. The summed E-state index contributed by atoms with van der Waals surface area (Å²) in [7, 11) is 0. The lowest BCUT2D eigenvalue weighted by Gasteiger charge is -2.11. The van der Waals surface area contributed by atoms with Crippen LogP contribution in [0.2, 0.25) is 0 Å². The molecular weight excluding hydrogens is 332 g/mol. The topological polar surface area (TPSA) is 69.7 Å². The molecule has 138 valence electrons. The van der Waals surface area contributed by atoms with E-state index in [1.807, 2.05) is 36.4 Å². The van der Waals surface area contributed by atoms with Gasteiger partial charge in [-0.2, -0.15) is 0 Å². The van der Waals surface area contributed by atoms with Crippen molar-refractivity contribution in [3.8, 4) is 5.75 Å². The lowest BCUT2D eigenvalue weighted by atomic mass is 10.2. The van der Waals surface area contributed by atoms with Crippen molar-refractivity contribution in [3.63, 3.8) is 0 Å². The zero-order valence-corrected chi connectivity index (χ0v) is 14.7. The van der Waals surface area contributed by atoms with E-state index in [-0.39, 0.29) is 12.0 Å². The molecule has 0 bridgehead atoms. The van der Waals surface area contributed by atoms with Gasteiger partial charge in [0.2, 0.25) is 5.91 Å². The molecule has 2 heterocycles.